The van der Waals surface area contributed by atoms with Crippen LogP contribution in [0.5, 0.6) is 0 Å². The van der Waals surface area contributed by atoms with Gasteiger partial charge in [0.15, 0.2) is 5.17 Å². The molecule has 0 atom stereocenters. The summed E-state index contributed by atoms with van der Waals surface area (Å²) < 4.78 is 0. The first-order chi connectivity index (χ1) is 6.99. The van der Waals surface area contributed by atoms with Gasteiger partial charge < -0.3 is 5.32 Å². The molecule has 0 aromatic heterocycles. The summed E-state index contributed by atoms with van der Waals surface area (Å²) in [6, 6.07) is 0. The van der Waals surface area contributed by atoms with Gasteiger partial charge in [-0.2, -0.15) is 0 Å². The van der Waals surface area contributed by atoms with Crippen molar-refractivity contribution in [3.63, 3.8) is 0 Å². The average Bonchev–Trinajstić information content (AvgIpc) is 2.13. The average molecular weight is 226 g/mol. The van der Waals surface area contributed by atoms with Crippen molar-refractivity contribution >= 4 is 16.9 Å². The normalized spacial score (nSPS) is 27.8. The van der Waals surface area contributed by atoms with Crippen LogP contribution >= 0.6 is 11.8 Å². The number of hydrogen-bond donors (Lipinski definition) is 1. The monoisotopic (exact) mass is 226 g/mol. The van der Waals surface area contributed by atoms with Gasteiger partial charge in [0.05, 0.1) is 0 Å². The number of amidine groups is 1. The van der Waals surface area contributed by atoms with Crippen LogP contribution in [0.4, 0.5) is 0 Å². The highest BCUT2D eigenvalue weighted by Gasteiger charge is 2.32. The second-order valence-electron chi connectivity index (χ2n) is 6.09. The van der Waals surface area contributed by atoms with Crippen LogP contribution in [0.25, 0.3) is 0 Å². The van der Waals surface area contributed by atoms with Crippen molar-refractivity contribution in [3.05, 3.63) is 0 Å². The van der Waals surface area contributed by atoms with E-state index in [9.17, 15) is 0 Å². The Kier molecular flexibility index (Phi) is 3.02. The highest BCUT2D eigenvalue weighted by Crippen LogP contribution is 2.39. The number of hydrogen-bond acceptors (Lipinski definition) is 3. The van der Waals surface area contributed by atoms with E-state index in [1.54, 1.807) is 0 Å². The Hall–Kier alpha value is -0.180. The Morgan fingerprint density at radius 1 is 1.33 bits per heavy atom. The molecule has 1 N–H and O–H groups in total. The number of thioether (sulfide) groups is 1. The molecular formula is C12H22N2S. The minimum Gasteiger partial charge on any atom is -0.364 e. The first kappa shape index (κ1) is 11.3. The lowest BCUT2D eigenvalue weighted by Crippen LogP contribution is -2.40. The molecule has 1 heterocycles. The summed E-state index contributed by atoms with van der Waals surface area (Å²) in [7, 11) is 0. The fourth-order valence-electron chi connectivity index (χ4n) is 1.99. The molecular weight excluding hydrogens is 204 g/mol. The van der Waals surface area contributed by atoms with Gasteiger partial charge in [-0.05, 0) is 23.7 Å². The van der Waals surface area contributed by atoms with E-state index in [1.165, 1.54) is 30.2 Å². The zero-order valence-electron chi connectivity index (χ0n) is 10.1. The molecule has 0 aromatic rings. The third-order valence-electron chi connectivity index (χ3n) is 3.48. The third kappa shape index (κ3) is 2.90. The Labute approximate surface area is 97.3 Å². The van der Waals surface area contributed by atoms with Gasteiger partial charge in [0.25, 0.3) is 0 Å². The van der Waals surface area contributed by atoms with E-state index in [1.807, 2.05) is 11.8 Å². The van der Waals surface area contributed by atoms with Crippen LogP contribution in [0.15, 0.2) is 4.99 Å². The van der Waals surface area contributed by atoms with E-state index in [2.05, 4.69) is 31.1 Å². The first-order valence-electron chi connectivity index (χ1n) is 5.90. The van der Waals surface area contributed by atoms with Crippen LogP contribution < -0.4 is 5.32 Å². The minimum atomic E-state index is 0.385. The Morgan fingerprint density at radius 3 is 2.53 bits per heavy atom. The highest BCUT2D eigenvalue weighted by molar-refractivity contribution is 8.13. The predicted molar refractivity (Wildman–Crippen MR) is 68.5 cm³/mol. The molecule has 1 aliphatic carbocycles. The minimum absolute atomic E-state index is 0.385. The second-order valence-corrected chi connectivity index (χ2v) is 7.06. The molecule has 3 heteroatoms. The maximum atomic E-state index is 4.61. The zero-order chi connectivity index (χ0) is 10.9. The van der Waals surface area contributed by atoms with Gasteiger partial charge in [-0.3, -0.25) is 4.99 Å². The smallest absolute Gasteiger partial charge is 0.156 e. The van der Waals surface area contributed by atoms with E-state index in [4.69, 9.17) is 0 Å². The van der Waals surface area contributed by atoms with Crippen molar-refractivity contribution in [1.82, 2.24) is 5.32 Å². The van der Waals surface area contributed by atoms with Crippen LogP contribution in [0.3, 0.4) is 0 Å². The predicted octanol–water partition coefficient (Wildman–Crippen LogP) is 2.90. The van der Waals surface area contributed by atoms with Crippen LogP contribution in [0.1, 0.15) is 40.0 Å². The molecule has 0 unspecified atom stereocenters. The van der Waals surface area contributed by atoms with Gasteiger partial charge in [-0.25, -0.2) is 0 Å². The molecule has 0 saturated heterocycles. The fourth-order valence-corrected chi connectivity index (χ4v) is 2.94. The van der Waals surface area contributed by atoms with Crippen molar-refractivity contribution in [2.75, 3.05) is 18.8 Å². The molecule has 0 aromatic carbocycles. The topological polar surface area (TPSA) is 24.4 Å². The molecule has 1 saturated carbocycles. The Morgan fingerprint density at radius 2 is 2.07 bits per heavy atom. The van der Waals surface area contributed by atoms with Gasteiger partial charge in [-0.1, -0.05) is 39.0 Å². The van der Waals surface area contributed by atoms with Crippen molar-refractivity contribution in [2.45, 2.75) is 40.0 Å². The number of nitrogens with one attached hydrogen (secondary N) is 1. The third-order valence-corrected chi connectivity index (χ3v) is 4.95. The summed E-state index contributed by atoms with van der Waals surface area (Å²) >= 11 is 1.88. The number of nitrogens with zero attached hydrogens (tertiary/aromatic N) is 1. The van der Waals surface area contributed by atoms with Crippen molar-refractivity contribution in [1.29, 1.82) is 0 Å². The molecule has 1 aliphatic heterocycles. The van der Waals surface area contributed by atoms with Crippen LogP contribution in [0, 0.1) is 10.8 Å². The molecule has 0 amide bonds. The van der Waals surface area contributed by atoms with E-state index < -0.39 is 0 Å². The maximum Gasteiger partial charge on any atom is 0.156 e. The molecule has 2 rings (SSSR count). The van der Waals surface area contributed by atoms with Gasteiger partial charge >= 0.3 is 0 Å². The van der Waals surface area contributed by atoms with Gasteiger partial charge in [0, 0.05) is 18.8 Å². The Balaban J connectivity index is 1.78. The van der Waals surface area contributed by atoms with Crippen molar-refractivity contribution < 1.29 is 0 Å². The van der Waals surface area contributed by atoms with Crippen LogP contribution in [-0.4, -0.2) is 24.0 Å². The van der Waals surface area contributed by atoms with Gasteiger partial charge in [0.1, 0.15) is 0 Å². The van der Waals surface area contributed by atoms with E-state index in [0.717, 1.165) is 13.1 Å². The molecule has 0 spiro atoms. The quantitative estimate of drug-likeness (QED) is 0.783. The summed E-state index contributed by atoms with van der Waals surface area (Å²) in [4.78, 5) is 4.61. The summed E-state index contributed by atoms with van der Waals surface area (Å²) in [5.41, 5.74) is 0.937. The molecule has 2 nitrogen and oxygen atoms in total. The lowest BCUT2D eigenvalue weighted by atomic mass is 9.70. The van der Waals surface area contributed by atoms with E-state index >= 15 is 0 Å². The van der Waals surface area contributed by atoms with Crippen molar-refractivity contribution in [3.8, 4) is 0 Å². The second kappa shape index (κ2) is 4.00. The lowest BCUT2D eigenvalue weighted by molar-refractivity contribution is 0.166. The molecule has 0 bridgehead atoms. The lowest BCUT2D eigenvalue weighted by Gasteiger charge is -2.39. The Bertz CT molecular complexity index is 267. The summed E-state index contributed by atoms with van der Waals surface area (Å²) in [6.07, 6.45) is 4.16. The fraction of sp³-hybridized carbons (Fsp3) is 0.917. The van der Waals surface area contributed by atoms with E-state index in [-0.39, 0.29) is 0 Å². The number of rotatable bonds is 2. The van der Waals surface area contributed by atoms with E-state index in [0.29, 0.717) is 10.8 Å². The summed E-state index contributed by atoms with van der Waals surface area (Å²) in [5, 5.41) is 4.68. The standard InChI is InChI=1S/C12H22N2S/c1-11(2)7-13-10(15-9-11)14-8-12(3)5-4-6-12/h4-9H2,1-3H3,(H,13,14). The molecule has 0 radical (unpaired) electrons. The molecule has 1 fully saturated rings. The maximum absolute atomic E-state index is 4.61. The summed E-state index contributed by atoms with van der Waals surface area (Å²) in [6.45, 7) is 9.03. The molecule has 86 valence electrons. The zero-order valence-corrected chi connectivity index (χ0v) is 10.9. The first-order valence-corrected chi connectivity index (χ1v) is 6.89. The largest absolute Gasteiger partial charge is 0.364 e. The van der Waals surface area contributed by atoms with Gasteiger partial charge in [0.2, 0.25) is 0 Å². The van der Waals surface area contributed by atoms with Gasteiger partial charge in [-0.15, -0.1) is 0 Å². The molecule has 2 aliphatic rings. The van der Waals surface area contributed by atoms with Crippen molar-refractivity contribution in [2.24, 2.45) is 15.8 Å². The highest BCUT2D eigenvalue weighted by atomic mass is 32.2. The van der Waals surface area contributed by atoms with Crippen LogP contribution in [-0.2, 0) is 0 Å². The SMILES string of the molecule is CC1(C)CN=C(NCC2(C)CCC2)SC1. The van der Waals surface area contributed by atoms with Crippen LogP contribution in [0.2, 0.25) is 0 Å². The number of aliphatic imine (C=N–C) groups is 1. The molecule has 15 heavy (non-hydrogen) atoms. The summed E-state index contributed by atoms with van der Waals surface area (Å²) in [5.74, 6) is 1.19.